The molecule has 2 aliphatic carbocycles. The van der Waals surface area contributed by atoms with Gasteiger partial charge in [-0.2, -0.15) is 0 Å². The van der Waals surface area contributed by atoms with E-state index in [9.17, 15) is 4.79 Å². The highest BCUT2D eigenvalue weighted by Gasteiger charge is 2.48. The third-order valence-electron chi connectivity index (χ3n) is 4.51. The topological polar surface area (TPSA) is 41.6 Å². The summed E-state index contributed by atoms with van der Waals surface area (Å²) in [6.07, 6.45) is 4.68. The normalized spacial score (nSPS) is 35.4. The molecule has 0 aromatic carbocycles. The van der Waals surface area contributed by atoms with Crippen LogP contribution in [0.2, 0.25) is 0 Å². The summed E-state index contributed by atoms with van der Waals surface area (Å²) in [6.45, 7) is 5.83. The second kappa shape index (κ2) is 4.25. The summed E-state index contributed by atoms with van der Waals surface area (Å²) in [4.78, 5) is 14.1. The van der Waals surface area contributed by atoms with E-state index in [1.807, 2.05) is 6.92 Å². The quantitative estimate of drug-likeness (QED) is 0.737. The zero-order valence-corrected chi connectivity index (χ0v) is 10.6. The van der Waals surface area contributed by atoms with Crippen LogP contribution in [0.5, 0.6) is 0 Å². The van der Waals surface area contributed by atoms with Gasteiger partial charge in [-0.15, -0.1) is 0 Å². The summed E-state index contributed by atoms with van der Waals surface area (Å²) in [6, 6.07) is 0.629. The lowest BCUT2D eigenvalue weighted by atomic mass is 9.79. The van der Waals surface area contributed by atoms with Gasteiger partial charge >= 0.3 is 5.97 Å². The van der Waals surface area contributed by atoms with Crippen LogP contribution in [-0.4, -0.2) is 48.7 Å². The van der Waals surface area contributed by atoms with E-state index in [2.05, 4.69) is 10.2 Å². The predicted octanol–water partition coefficient (Wildman–Crippen LogP) is 0.766. The van der Waals surface area contributed by atoms with Crippen molar-refractivity contribution in [3.8, 4) is 0 Å². The molecule has 0 unspecified atom stereocenters. The molecular weight excluding hydrogens is 216 g/mol. The van der Waals surface area contributed by atoms with Crippen molar-refractivity contribution in [2.45, 2.75) is 44.2 Å². The summed E-state index contributed by atoms with van der Waals surface area (Å²) in [5.74, 6) is 0.185. The summed E-state index contributed by atoms with van der Waals surface area (Å²) < 4.78 is 5.06. The standard InChI is InChI=1S/C13H22N2O2/c1-2-17-12(16)10-7-11(8-10)15-6-5-14-13(9-15)3-4-13/h10-11,14H,2-9H2,1H3. The van der Waals surface area contributed by atoms with Crippen LogP contribution < -0.4 is 5.32 Å². The van der Waals surface area contributed by atoms with E-state index in [-0.39, 0.29) is 11.9 Å². The first kappa shape index (κ1) is 11.5. The molecule has 0 bridgehead atoms. The minimum absolute atomic E-state index is 0.0139. The third kappa shape index (κ3) is 2.20. The largest absolute Gasteiger partial charge is 0.466 e. The highest BCUT2D eigenvalue weighted by atomic mass is 16.5. The molecule has 0 aromatic heterocycles. The van der Waals surface area contributed by atoms with Gasteiger partial charge < -0.3 is 10.1 Å². The van der Waals surface area contributed by atoms with Gasteiger partial charge in [-0.3, -0.25) is 9.69 Å². The number of esters is 1. The third-order valence-corrected chi connectivity index (χ3v) is 4.51. The van der Waals surface area contributed by atoms with Gasteiger partial charge in [0.25, 0.3) is 0 Å². The maximum absolute atomic E-state index is 11.5. The number of nitrogens with one attached hydrogen (secondary N) is 1. The van der Waals surface area contributed by atoms with Crippen molar-refractivity contribution in [2.75, 3.05) is 26.2 Å². The van der Waals surface area contributed by atoms with E-state index >= 15 is 0 Å². The Kier molecular flexibility index (Phi) is 2.87. The van der Waals surface area contributed by atoms with Gasteiger partial charge in [0.05, 0.1) is 12.5 Å². The molecule has 3 rings (SSSR count). The van der Waals surface area contributed by atoms with Gasteiger partial charge in [0.2, 0.25) is 0 Å². The predicted molar refractivity (Wildman–Crippen MR) is 64.7 cm³/mol. The average molecular weight is 238 g/mol. The Morgan fingerprint density at radius 3 is 2.88 bits per heavy atom. The Hall–Kier alpha value is -0.610. The Bertz CT molecular complexity index is 309. The minimum Gasteiger partial charge on any atom is -0.466 e. The van der Waals surface area contributed by atoms with Crippen LogP contribution >= 0.6 is 0 Å². The molecule has 1 heterocycles. The van der Waals surface area contributed by atoms with Gasteiger partial charge in [0.15, 0.2) is 0 Å². The van der Waals surface area contributed by atoms with E-state index in [4.69, 9.17) is 4.74 Å². The number of piperazine rings is 1. The number of rotatable bonds is 3. The maximum Gasteiger partial charge on any atom is 0.309 e. The van der Waals surface area contributed by atoms with Crippen molar-refractivity contribution < 1.29 is 9.53 Å². The molecule has 3 aliphatic rings. The molecule has 0 aromatic rings. The summed E-state index contributed by atoms with van der Waals surface area (Å²) in [7, 11) is 0. The van der Waals surface area contributed by atoms with Crippen molar-refractivity contribution in [1.82, 2.24) is 10.2 Å². The molecule has 0 radical (unpaired) electrons. The van der Waals surface area contributed by atoms with Crippen molar-refractivity contribution in [3.63, 3.8) is 0 Å². The molecule has 1 aliphatic heterocycles. The van der Waals surface area contributed by atoms with Gasteiger partial charge in [0.1, 0.15) is 0 Å². The molecule has 4 nitrogen and oxygen atoms in total. The molecule has 1 N–H and O–H groups in total. The van der Waals surface area contributed by atoms with Gasteiger partial charge in [-0.1, -0.05) is 0 Å². The van der Waals surface area contributed by atoms with Crippen LogP contribution in [-0.2, 0) is 9.53 Å². The first-order chi connectivity index (χ1) is 8.22. The zero-order valence-electron chi connectivity index (χ0n) is 10.6. The molecule has 96 valence electrons. The van der Waals surface area contributed by atoms with E-state index in [0.717, 1.165) is 25.9 Å². The number of hydrogen-bond acceptors (Lipinski definition) is 4. The molecule has 2 saturated carbocycles. The minimum atomic E-state index is 0.0139. The van der Waals surface area contributed by atoms with Crippen LogP contribution in [0.3, 0.4) is 0 Å². The van der Waals surface area contributed by atoms with Crippen LogP contribution in [0.15, 0.2) is 0 Å². The Morgan fingerprint density at radius 2 is 2.24 bits per heavy atom. The summed E-state index contributed by atoms with van der Waals surface area (Å²) >= 11 is 0. The second-order valence-electron chi connectivity index (χ2n) is 5.75. The molecule has 17 heavy (non-hydrogen) atoms. The van der Waals surface area contributed by atoms with Crippen molar-refractivity contribution in [3.05, 3.63) is 0 Å². The lowest BCUT2D eigenvalue weighted by Gasteiger charge is -2.45. The van der Waals surface area contributed by atoms with E-state index in [1.165, 1.54) is 19.4 Å². The molecule has 0 atom stereocenters. The number of nitrogens with zero attached hydrogens (tertiary/aromatic N) is 1. The number of carbonyl (C=O) groups excluding carboxylic acids is 1. The van der Waals surface area contributed by atoms with Crippen molar-refractivity contribution >= 4 is 5.97 Å². The Balaban J connectivity index is 1.47. The zero-order chi connectivity index (χ0) is 11.9. The molecular formula is C13H22N2O2. The first-order valence-electron chi connectivity index (χ1n) is 6.88. The molecule has 3 fully saturated rings. The second-order valence-corrected chi connectivity index (χ2v) is 5.75. The van der Waals surface area contributed by atoms with Gasteiger partial charge in [-0.25, -0.2) is 0 Å². The molecule has 1 saturated heterocycles. The van der Waals surface area contributed by atoms with E-state index in [1.54, 1.807) is 0 Å². The average Bonchev–Trinajstić information content (AvgIpc) is 2.96. The fourth-order valence-electron chi connectivity index (χ4n) is 3.12. The fraction of sp³-hybridized carbons (Fsp3) is 0.923. The van der Waals surface area contributed by atoms with E-state index < -0.39 is 0 Å². The number of ether oxygens (including phenoxy) is 1. The highest BCUT2D eigenvalue weighted by Crippen LogP contribution is 2.41. The monoisotopic (exact) mass is 238 g/mol. The lowest BCUT2D eigenvalue weighted by molar-refractivity contribution is -0.153. The van der Waals surface area contributed by atoms with Crippen LogP contribution in [0.1, 0.15) is 32.6 Å². The lowest BCUT2D eigenvalue weighted by Crippen LogP contribution is -2.58. The smallest absolute Gasteiger partial charge is 0.309 e. The Morgan fingerprint density at radius 1 is 1.47 bits per heavy atom. The molecule has 1 spiro atoms. The molecule has 4 heteroatoms. The van der Waals surface area contributed by atoms with Crippen molar-refractivity contribution in [2.24, 2.45) is 5.92 Å². The summed E-state index contributed by atoms with van der Waals surface area (Å²) in [5.41, 5.74) is 0.452. The number of hydrogen-bond donors (Lipinski definition) is 1. The fourth-order valence-corrected chi connectivity index (χ4v) is 3.12. The maximum atomic E-state index is 11.5. The van der Waals surface area contributed by atoms with Crippen LogP contribution in [0.25, 0.3) is 0 Å². The van der Waals surface area contributed by atoms with Crippen LogP contribution in [0, 0.1) is 5.92 Å². The summed E-state index contributed by atoms with van der Waals surface area (Å²) in [5, 5.41) is 3.62. The molecule has 0 amide bonds. The SMILES string of the molecule is CCOC(=O)C1CC(N2CCNC3(CC3)C2)C1. The van der Waals surface area contributed by atoms with Gasteiger partial charge in [0, 0.05) is 31.2 Å². The first-order valence-corrected chi connectivity index (χ1v) is 6.88. The van der Waals surface area contributed by atoms with E-state index in [0.29, 0.717) is 18.2 Å². The Labute approximate surface area is 103 Å². The highest BCUT2D eigenvalue weighted by molar-refractivity contribution is 5.73. The number of carbonyl (C=O) groups is 1. The van der Waals surface area contributed by atoms with Crippen molar-refractivity contribution in [1.29, 1.82) is 0 Å². The van der Waals surface area contributed by atoms with Gasteiger partial charge in [-0.05, 0) is 32.6 Å². The van der Waals surface area contributed by atoms with Crippen LogP contribution in [0.4, 0.5) is 0 Å².